The Balaban J connectivity index is 2.38. The fraction of sp³-hybridized carbons (Fsp3) is 0.750. The molecule has 0 aliphatic heterocycles. The van der Waals surface area contributed by atoms with Crippen LogP contribution in [0.3, 0.4) is 0 Å². The van der Waals surface area contributed by atoms with E-state index in [0.29, 0.717) is 12.5 Å². The Morgan fingerprint density at radius 3 is 2.67 bits per heavy atom. The van der Waals surface area contributed by atoms with E-state index in [1.54, 1.807) is 0 Å². The maximum atomic E-state index is 8.73. The third kappa shape index (κ3) is 1.83. The predicted octanol–water partition coefficient (Wildman–Crippen LogP) is 1.58. The number of hydrogen-bond acceptors (Lipinski definition) is 1. The van der Waals surface area contributed by atoms with Crippen molar-refractivity contribution in [1.29, 1.82) is 0 Å². The first-order valence-corrected chi connectivity index (χ1v) is 3.62. The molecule has 0 saturated heterocycles. The van der Waals surface area contributed by atoms with Gasteiger partial charge in [-0.25, -0.2) is 0 Å². The number of rotatable bonds is 1. The fourth-order valence-electron chi connectivity index (χ4n) is 1.17. The molecule has 1 N–H and O–H groups in total. The largest absolute Gasteiger partial charge is 0.396 e. The minimum Gasteiger partial charge on any atom is -0.396 e. The van der Waals surface area contributed by atoms with Gasteiger partial charge in [0.15, 0.2) is 0 Å². The molecule has 0 aromatic rings. The first-order valence-electron chi connectivity index (χ1n) is 3.62. The SMILES string of the molecule is CC1C=CC(CO)CC1. The zero-order chi connectivity index (χ0) is 6.69. The lowest BCUT2D eigenvalue weighted by Gasteiger charge is -2.17. The molecule has 0 saturated carbocycles. The Morgan fingerprint density at radius 2 is 2.22 bits per heavy atom. The van der Waals surface area contributed by atoms with Gasteiger partial charge in [0.05, 0.1) is 0 Å². The van der Waals surface area contributed by atoms with Crippen LogP contribution in [0.5, 0.6) is 0 Å². The van der Waals surface area contributed by atoms with E-state index in [-0.39, 0.29) is 0 Å². The Labute approximate surface area is 56.4 Å². The Bertz CT molecular complexity index is 107. The van der Waals surface area contributed by atoms with E-state index in [4.69, 9.17) is 5.11 Å². The summed E-state index contributed by atoms with van der Waals surface area (Å²) < 4.78 is 0. The molecule has 0 spiro atoms. The second-order valence-corrected chi connectivity index (χ2v) is 2.88. The summed E-state index contributed by atoms with van der Waals surface area (Å²) in [7, 11) is 0. The van der Waals surface area contributed by atoms with Crippen LogP contribution in [0.1, 0.15) is 19.8 Å². The standard InChI is InChI=1S/C8H14O/c1-7-2-4-8(6-9)5-3-7/h2,4,7-9H,3,5-6H2,1H3. The van der Waals surface area contributed by atoms with Crippen LogP contribution in [0.2, 0.25) is 0 Å². The molecule has 2 atom stereocenters. The van der Waals surface area contributed by atoms with E-state index < -0.39 is 0 Å². The number of hydrogen-bond donors (Lipinski definition) is 1. The molecule has 0 amide bonds. The number of aliphatic hydroxyl groups is 1. The molecule has 1 heteroatoms. The summed E-state index contributed by atoms with van der Waals surface area (Å²) in [6.07, 6.45) is 6.73. The zero-order valence-corrected chi connectivity index (χ0v) is 5.88. The van der Waals surface area contributed by atoms with E-state index in [9.17, 15) is 0 Å². The Kier molecular flexibility index (Phi) is 2.29. The van der Waals surface area contributed by atoms with Crippen LogP contribution in [0.15, 0.2) is 12.2 Å². The van der Waals surface area contributed by atoms with Crippen LogP contribution < -0.4 is 0 Å². The van der Waals surface area contributed by atoms with Gasteiger partial charge in [0.25, 0.3) is 0 Å². The van der Waals surface area contributed by atoms with Gasteiger partial charge in [-0.2, -0.15) is 0 Å². The molecule has 1 nitrogen and oxygen atoms in total. The van der Waals surface area contributed by atoms with Crippen molar-refractivity contribution in [1.82, 2.24) is 0 Å². The summed E-state index contributed by atoms with van der Waals surface area (Å²) in [6.45, 7) is 2.54. The van der Waals surface area contributed by atoms with E-state index in [1.165, 1.54) is 6.42 Å². The van der Waals surface area contributed by atoms with Crippen molar-refractivity contribution >= 4 is 0 Å². The van der Waals surface area contributed by atoms with Crippen LogP contribution >= 0.6 is 0 Å². The van der Waals surface area contributed by atoms with E-state index >= 15 is 0 Å². The Morgan fingerprint density at radius 1 is 1.44 bits per heavy atom. The van der Waals surface area contributed by atoms with Crippen LogP contribution in [0.25, 0.3) is 0 Å². The quantitative estimate of drug-likeness (QED) is 0.529. The van der Waals surface area contributed by atoms with Crippen molar-refractivity contribution in [3.63, 3.8) is 0 Å². The second kappa shape index (κ2) is 3.02. The molecule has 0 radical (unpaired) electrons. The molecular weight excluding hydrogens is 112 g/mol. The van der Waals surface area contributed by atoms with Crippen LogP contribution in [0.4, 0.5) is 0 Å². The molecular formula is C8H14O. The average molecular weight is 126 g/mol. The van der Waals surface area contributed by atoms with Gasteiger partial charge in [-0.15, -0.1) is 0 Å². The van der Waals surface area contributed by atoms with Crippen molar-refractivity contribution < 1.29 is 5.11 Å². The Hall–Kier alpha value is -0.300. The lowest BCUT2D eigenvalue weighted by atomic mass is 9.90. The third-order valence-electron chi connectivity index (χ3n) is 1.94. The molecule has 1 rings (SSSR count). The van der Waals surface area contributed by atoms with E-state index in [0.717, 1.165) is 12.3 Å². The zero-order valence-electron chi connectivity index (χ0n) is 5.88. The summed E-state index contributed by atoms with van der Waals surface area (Å²) in [5.74, 6) is 1.17. The second-order valence-electron chi connectivity index (χ2n) is 2.88. The lowest BCUT2D eigenvalue weighted by molar-refractivity contribution is 0.236. The normalized spacial score (nSPS) is 34.9. The molecule has 52 valence electrons. The molecule has 0 aromatic heterocycles. The topological polar surface area (TPSA) is 20.2 Å². The van der Waals surface area contributed by atoms with Gasteiger partial charge in [-0.1, -0.05) is 19.1 Å². The van der Waals surface area contributed by atoms with Crippen molar-refractivity contribution in [3.05, 3.63) is 12.2 Å². The van der Waals surface area contributed by atoms with Crippen molar-refractivity contribution in [2.24, 2.45) is 11.8 Å². The van der Waals surface area contributed by atoms with Crippen LogP contribution in [-0.4, -0.2) is 11.7 Å². The molecule has 1 aliphatic rings. The van der Waals surface area contributed by atoms with Crippen LogP contribution in [-0.2, 0) is 0 Å². The van der Waals surface area contributed by atoms with Gasteiger partial charge in [0.2, 0.25) is 0 Å². The highest BCUT2D eigenvalue weighted by Gasteiger charge is 2.10. The molecule has 2 unspecified atom stereocenters. The van der Waals surface area contributed by atoms with Crippen molar-refractivity contribution in [2.45, 2.75) is 19.8 Å². The number of allylic oxidation sites excluding steroid dienone is 1. The van der Waals surface area contributed by atoms with Gasteiger partial charge in [-0.05, 0) is 24.7 Å². The summed E-state index contributed by atoms with van der Waals surface area (Å²) in [6, 6.07) is 0. The maximum Gasteiger partial charge on any atom is 0.0493 e. The smallest absolute Gasteiger partial charge is 0.0493 e. The summed E-state index contributed by atoms with van der Waals surface area (Å²) in [4.78, 5) is 0. The fourth-order valence-corrected chi connectivity index (χ4v) is 1.17. The van der Waals surface area contributed by atoms with Crippen molar-refractivity contribution in [2.75, 3.05) is 6.61 Å². The third-order valence-corrected chi connectivity index (χ3v) is 1.94. The molecule has 1 aliphatic carbocycles. The summed E-state index contributed by atoms with van der Waals surface area (Å²) in [5, 5.41) is 8.73. The first-order chi connectivity index (χ1) is 4.33. The minimum absolute atomic E-state index is 0.323. The van der Waals surface area contributed by atoms with Crippen LogP contribution in [0, 0.1) is 11.8 Å². The van der Waals surface area contributed by atoms with Gasteiger partial charge < -0.3 is 5.11 Å². The lowest BCUT2D eigenvalue weighted by Crippen LogP contribution is -2.09. The monoisotopic (exact) mass is 126 g/mol. The van der Waals surface area contributed by atoms with Gasteiger partial charge in [-0.3, -0.25) is 0 Å². The molecule has 9 heavy (non-hydrogen) atoms. The molecule has 0 heterocycles. The van der Waals surface area contributed by atoms with Gasteiger partial charge in [0, 0.05) is 6.61 Å². The molecule has 0 aromatic carbocycles. The summed E-state index contributed by atoms with van der Waals surface area (Å²) in [5.41, 5.74) is 0. The molecule has 0 bridgehead atoms. The highest BCUT2D eigenvalue weighted by atomic mass is 16.3. The first kappa shape index (κ1) is 6.81. The highest BCUT2D eigenvalue weighted by molar-refractivity contribution is 4.96. The maximum absolute atomic E-state index is 8.73. The summed E-state index contributed by atoms with van der Waals surface area (Å²) >= 11 is 0. The van der Waals surface area contributed by atoms with Crippen molar-refractivity contribution in [3.8, 4) is 0 Å². The van der Waals surface area contributed by atoms with Gasteiger partial charge >= 0.3 is 0 Å². The minimum atomic E-state index is 0.323. The van der Waals surface area contributed by atoms with Gasteiger partial charge in [0.1, 0.15) is 0 Å². The van der Waals surface area contributed by atoms with E-state index in [1.807, 2.05) is 0 Å². The molecule has 0 fully saturated rings. The highest BCUT2D eigenvalue weighted by Crippen LogP contribution is 2.20. The number of aliphatic hydroxyl groups excluding tert-OH is 1. The predicted molar refractivity (Wildman–Crippen MR) is 38.1 cm³/mol. The average Bonchev–Trinajstić information content (AvgIpc) is 1.90. The van der Waals surface area contributed by atoms with E-state index in [2.05, 4.69) is 19.1 Å².